The van der Waals surface area contributed by atoms with Gasteiger partial charge in [0.1, 0.15) is 5.82 Å². The SMILES string of the molecule is CC(C)(C(=O)ON1C(=O)c2ccccc2C1=O)c1ccc(Cl)cc1F. The summed E-state index contributed by atoms with van der Waals surface area (Å²) in [6.07, 6.45) is 0. The monoisotopic (exact) mass is 361 g/mol. The lowest BCUT2D eigenvalue weighted by atomic mass is 9.84. The molecule has 1 aliphatic rings. The summed E-state index contributed by atoms with van der Waals surface area (Å²) in [4.78, 5) is 42.1. The lowest BCUT2D eigenvalue weighted by Gasteiger charge is -2.25. The number of nitrogens with zero attached hydrogens (tertiary/aromatic N) is 1. The molecule has 0 N–H and O–H groups in total. The number of imide groups is 1. The number of amides is 2. The molecule has 0 atom stereocenters. The van der Waals surface area contributed by atoms with Gasteiger partial charge in [-0.2, -0.15) is 0 Å². The van der Waals surface area contributed by atoms with Crippen molar-refractivity contribution >= 4 is 29.4 Å². The van der Waals surface area contributed by atoms with Crippen LogP contribution in [0.25, 0.3) is 0 Å². The number of hydrogen-bond donors (Lipinski definition) is 0. The van der Waals surface area contributed by atoms with Crippen molar-refractivity contribution in [2.45, 2.75) is 19.3 Å². The fourth-order valence-electron chi connectivity index (χ4n) is 2.55. The molecule has 0 aliphatic carbocycles. The van der Waals surface area contributed by atoms with Crippen molar-refractivity contribution in [3.8, 4) is 0 Å². The quantitative estimate of drug-likeness (QED) is 0.785. The summed E-state index contributed by atoms with van der Waals surface area (Å²) in [6, 6.07) is 10.0. The Hall–Kier alpha value is -2.73. The smallest absolute Gasteiger partial charge is 0.329 e. The number of rotatable bonds is 3. The fraction of sp³-hybridized carbons (Fsp3) is 0.167. The summed E-state index contributed by atoms with van der Waals surface area (Å²) >= 11 is 5.72. The molecule has 1 heterocycles. The number of halogens is 2. The van der Waals surface area contributed by atoms with Crippen LogP contribution in [0.2, 0.25) is 5.02 Å². The summed E-state index contributed by atoms with van der Waals surface area (Å²) in [5, 5.41) is 0.591. The van der Waals surface area contributed by atoms with Crippen molar-refractivity contribution in [1.82, 2.24) is 5.06 Å². The van der Waals surface area contributed by atoms with Gasteiger partial charge in [-0.05, 0) is 38.1 Å². The van der Waals surface area contributed by atoms with Crippen molar-refractivity contribution in [3.05, 3.63) is 70.0 Å². The molecule has 0 bridgehead atoms. The minimum absolute atomic E-state index is 0.0403. The largest absolute Gasteiger partial charge is 0.343 e. The number of hydrogen-bond acceptors (Lipinski definition) is 4. The normalized spacial score (nSPS) is 13.8. The molecule has 0 aromatic heterocycles. The van der Waals surface area contributed by atoms with Crippen LogP contribution in [0.5, 0.6) is 0 Å². The Morgan fingerprint density at radius 1 is 1.08 bits per heavy atom. The summed E-state index contributed by atoms with van der Waals surface area (Å²) in [5.41, 5.74) is -1.10. The lowest BCUT2D eigenvalue weighted by molar-refractivity contribution is -0.174. The standard InChI is InChI=1S/C18H13ClFNO4/c1-18(2,13-8-7-10(19)9-14(13)20)17(24)25-21-15(22)11-5-3-4-6-12(11)16(21)23/h3-9H,1-2H3. The highest BCUT2D eigenvalue weighted by molar-refractivity contribution is 6.30. The van der Waals surface area contributed by atoms with Gasteiger partial charge in [0.25, 0.3) is 11.8 Å². The maximum atomic E-state index is 14.1. The van der Waals surface area contributed by atoms with Gasteiger partial charge in [0.2, 0.25) is 0 Å². The molecule has 0 spiro atoms. The second-order valence-electron chi connectivity index (χ2n) is 6.08. The van der Waals surface area contributed by atoms with Gasteiger partial charge >= 0.3 is 5.97 Å². The van der Waals surface area contributed by atoms with Crippen molar-refractivity contribution in [2.75, 3.05) is 0 Å². The van der Waals surface area contributed by atoms with Gasteiger partial charge in [0.15, 0.2) is 0 Å². The summed E-state index contributed by atoms with van der Waals surface area (Å²) in [7, 11) is 0. The molecular weight excluding hydrogens is 349 g/mol. The third-order valence-electron chi connectivity index (χ3n) is 4.05. The maximum Gasteiger partial charge on any atom is 0.343 e. The molecule has 0 fully saturated rings. The van der Waals surface area contributed by atoms with Crippen LogP contribution >= 0.6 is 11.6 Å². The van der Waals surface area contributed by atoms with Crippen LogP contribution in [-0.2, 0) is 15.0 Å². The molecule has 3 rings (SSSR count). The first-order valence-corrected chi connectivity index (χ1v) is 7.77. The van der Waals surface area contributed by atoms with E-state index in [0.29, 0.717) is 5.06 Å². The van der Waals surface area contributed by atoms with E-state index < -0.39 is 29.0 Å². The minimum Gasteiger partial charge on any atom is -0.329 e. The van der Waals surface area contributed by atoms with Crippen molar-refractivity contribution < 1.29 is 23.6 Å². The van der Waals surface area contributed by atoms with Crippen LogP contribution in [0, 0.1) is 5.82 Å². The summed E-state index contributed by atoms with van der Waals surface area (Å²) in [6.45, 7) is 2.86. The topological polar surface area (TPSA) is 63.7 Å². The Labute approximate surface area is 147 Å². The van der Waals surface area contributed by atoms with E-state index >= 15 is 0 Å². The van der Waals surface area contributed by atoms with Crippen molar-refractivity contribution in [2.24, 2.45) is 0 Å². The predicted molar refractivity (Wildman–Crippen MR) is 87.5 cm³/mol. The Morgan fingerprint density at radius 2 is 1.64 bits per heavy atom. The van der Waals surface area contributed by atoms with Gasteiger partial charge < -0.3 is 4.84 Å². The van der Waals surface area contributed by atoms with Crippen LogP contribution in [0.15, 0.2) is 42.5 Å². The van der Waals surface area contributed by atoms with Gasteiger partial charge in [0.05, 0.1) is 16.5 Å². The van der Waals surface area contributed by atoms with E-state index in [4.69, 9.17) is 16.4 Å². The average molecular weight is 362 g/mol. The van der Waals surface area contributed by atoms with Crippen LogP contribution in [0.3, 0.4) is 0 Å². The van der Waals surface area contributed by atoms with E-state index in [9.17, 15) is 18.8 Å². The number of fused-ring (bicyclic) bond motifs is 1. The molecule has 0 radical (unpaired) electrons. The molecule has 25 heavy (non-hydrogen) atoms. The molecule has 0 saturated carbocycles. The third-order valence-corrected chi connectivity index (χ3v) is 4.28. The molecule has 1 aliphatic heterocycles. The van der Waals surface area contributed by atoms with E-state index in [0.717, 1.165) is 6.07 Å². The highest BCUT2D eigenvalue weighted by atomic mass is 35.5. The van der Waals surface area contributed by atoms with Crippen LogP contribution in [0.4, 0.5) is 4.39 Å². The van der Waals surface area contributed by atoms with Crippen LogP contribution in [0.1, 0.15) is 40.1 Å². The van der Waals surface area contributed by atoms with Crippen LogP contribution in [-0.4, -0.2) is 22.8 Å². The average Bonchev–Trinajstić information content (AvgIpc) is 2.80. The lowest BCUT2D eigenvalue weighted by Crippen LogP contribution is -2.40. The van der Waals surface area contributed by atoms with Gasteiger partial charge in [-0.1, -0.05) is 34.9 Å². The zero-order chi connectivity index (χ0) is 18.4. The summed E-state index contributed by atoms with van der Waals surface area (Å²) < 4.78 is 14.1. The molecule has 0 saturated heterocycles. The number of hydroxylamine groups is 2. The Morgan fingerprint density at radius 3 is 2.16 bits per heavy atom. The van der Waals surface area contributed by atoms with E-state index in [1.54, 1.807) is 12.1 Å². The molecule has 2 amide bonds. The van der Waals surface area contributed by atoms with E-state index in [1.165, 1.54) is 38.1 Å². The maximum absolute atomic E-state index is 14.1. The van der Waals surface area contributed by atoms with Crippen molar-refractivity contribution in [3.63, 3.8) is 0 Å². The predicted octanol–water partition coefficient (Wildman–Crippen LogP) is 3.51. The molecule has 0 unspecified atom stereocenters. The highest BCUT2D eigenvalue weighted by Gasteiger charge is 2.42. The first kappa shape index (κ1) is 17.1. The molecule has 2 aromatic carbocycles. The minimum atomic E-state index is -1.44. The molecule has 7 heteroatoms. The van der Waals surface area contributed by atoms with E-state index in [-0.39, 0.29) is 21.7 Å². The van der Waals surface area contributed by atoms with Gasteiger partial charge in [-0.25, -0.2) is 9.18 Å². The Balaban J connectivity index is 1.87. The second-order valence-corrected chi connectivity index (χ2v) is 6.51. The zero-order valence-corrected chi connectivity index (χ0v) is 14.1. The van der Waals surface area contributed by atoms with Crippen molar-refractivity contribution in [1.29, 1.82) is 0 Å². The van der Waals surface area contributed by atoms with E-state index in [2.05, 4.69) is 0 Å². The fourth-order valence-corrected chi connectivity index (χ4v) is 2.71. The Bertz CT molecular complexity index is 875. The Kier molecular flexibility index (Phi) is 4.08. The van der Waals surface area contributed by atoms with Gasteiger partial charge in [-0.15, -0.1) is 0 Å². The first-order chi connectivity index (χ1) is 11.7. The molecular formula is C18H13ClFNO4. The van der Waals surface area contributed by atoms with Gasteiger partial charge in [-0.3, -0.25) is 9.59 Å². The highest BCUT2D eigenvalue weighted by Crippen LogP contribution is 2.31. The first-order valence-electron chi connectivity index (χ1n) is 7.39. The number of benzene rings is 2. The van der Waals surface area contributed by atoms with Gasteiger partial charge in [0, 0.05) is 10.6 Å². The number of carbonyl (C=O) groups is 3. The van der Waals surface area contributed by atoms with Crippen LogP contribution < -0.4 is 0 Å². The molecule has 128 valence electrons. The zero-order valence-electron chi connectivity index (χ0n) is 13.4. The van der Waals surface area contributed by atoms with E-state index in [1.807, 2.05) is 0 Å². The molecule has 5 nitrogen and oxygen atoms in total. The summed E-state index contributed by atoms with van der Waals surface area (Å²) in [5.74, 6) is -3.09. The second kappa shape index (κ2) is 5.97. The third kappa shape index (κ3) is 2.78. The number of carbonyl (C=O) groups excluding carboxylic acids is 3. The molecule has 2 aromatic rings.